The molecule has 0 unspecified atom stereocenters. The monoisotopic (exact) mass is 417 g/mol. The van der Waals surface area contributed by atoms with Gasteiger partial charge in [-0.25, -0.2) is 5.43 Å². The van der Waals surface area contributed by atoms with E-state index in [9.17, 15) is 9.59 Å². The van der Waals surface area contributed by atoms with Gasteiger partial charge >= 0.3 is 0 Å². The van der Waals surface area contributed by atoms with Gasteiger partial charge in [0, 0.05) is 5.02 Å². The molecule has 5 nitrogen and oxygen atoms in total. The summed E-state index contributed by atoms with van der Waals surface area (Å²) in [6, 6.07) is 9.35. The topological polar surface area (TPSA) is 70.6 Å². The van der Waals surface area contributed by atoms with Crippen LogP contribution in [0.2, 0.25) is 20.1 Å². The largest absolute Gasteiger partial charge is 0.343 e. The SMILES string of the molecule is O=C(CNC(=O)c1ccc(Cl)cc1Cl)NN=Cc1ccc(Cl)c(Cl)c1. The fourth-order valence-corrected chi connectivity index (χ4v) is 2.54. The highest BCUT2D eigenvalue weighted by Gasteiger charge is 2.11. The fourth-order valence-electron chi connectivity index (χ4n) is 1.74. The predicted octanol–water partition coefficient (Wildman–Crippen LogP) is 4.18. The first-order valence-electron chi connectivity index (χ1n) is 6.87. The van der Waals surface area contributed by atoms with Crippen molar-refractivity contribution in [1.29, 1.82) is 0 Å². The second kappa shape index (κ2) is 9.06. The first kappa shape index (κ1) is 19.5. The third-order valence-corrected chi connectivity index (χ3v) is 4.22. The molecule has 2 amide bonds. The van der Waals surface area contributed by atoms with Crippen LogP contribution in [0.4, 0.5) is 0 Å². The average molecular weight is 419 g/mol. The van der Waals surface area contributed by atoms with Crippen LogP contribution in [0.3, 0.4) is 0 Å². The Morgan fingerprint density at radius 1 is 0.960 bits per heavy atom. The zero-order valence-electron chi connectivity index (χ0n) is 12.5. The van der Waals surface area contributed by atoms with Gasteiger partial charge in [-0.1, -0.05) is 52.5 Å². The van der Waals surface area contributed by atoms with Gasteiger partial charge in [0.05, 0.1) is 33.4 Å². The lowest BCUT2D eigenvalue weighted by Gasteiger charge is -2.06. The minimum atomic E-state index is -0.505. The first-order valence-corrected chi connectivity index (χ1v) is 8.38. The molecule has 9 heteroatoms. The molecule has 0 atom stereocenters. The van der Waals surface area contributed by atoms with E-state index in [4.69, 9.17) is 46.4 Å². The lowest BCUT2D eigenvalue weighted by Crippen LogP contribution is -2.35. The second-order valence-electron chi connectivity index (χ2n) is 4.77. The fraction of sp³-hybridized carbons (Fsp3) is 0.0625. The number of rotatable bonds is 5. The van der Waals surface area contributed by atoms with Gasteiger partial charge in [0.15, 0.2) is 0 Å². The number of nitrogens with one attached hydrogen (secondary N) is 2. The van der Waals surface area contributed by atoms with Crippen LogP contribution in [0.5, 0.6) is 0 Å². The van der Waals surface area contributed by atoms with Gasteiger partial charge in [-0.2, -0.15) is 5.10 Å². The third kappa shape index (κ3) is 5.90. The molecular weight excluding hydrogens is 408 g/mol. The minimum absolute atomic E-state index is 0.197. The van der Waals surface area contributed by atoms with E-state index in [2.05, 4.69) is 15.8 Å². The third-order valence-electron chi connectivity index (χ3n) is 2.93. The van der Waals surface area contributed by atoms with Gasteiger partial charge in [-0.15, -0.1) is 0 Å². The van der Waals surface area contributed by atoms with E-state index < -0.39 is 11.8 Å². The van der Waals surface area contributed by atoms with E-state index in [0.29, 0.717) is 20.6 Å². The molecule has 0 aliphatic carbocycles. The molecule has 0 aromatic heterocycles. The Labute approximate surface area is 163 Å². The lowest BCUT2D eigenvalue weighted by molar-refractivity contribution is -0.120. The number of hydrazone groups is 1. The van der Waals surface area contributed by atoms with Crippen LogP contribution in [0.1, 0.15) is 15.9 Å². The molecule has 2 aromatic carbocycles. The maximum atomic E-state index is 12.0. The van der Waals surface area contributed by atoms with E-state index in [1.54, 1.807) is 18.2 Å². The zero-order chi connectivity index (χ0) is 18.4. The van der Waals surface area contributed by atoms with Crippen LogP contribution in [-0.2, 0) is 4.79 Å². The molecule has 0 bridgehead atoms. The number of hydrogen-bond acceptors (Lipinski definition) is 3. The summed E-state index contributed by atoms with van der Waals surface area (Å²) in [4.78, 5) is 23.6. The quantitative estimate of drug-likeness (QED) is 0.564. The Morgan fingerprint density at radius 3 is 2.40 bits per heavy atom. The van der Waals surface area contributed by atoms with Crippen molar-refractivity contribution in [2.45, 2.75) is 0 Å². The standard InChI is InChI=1S/C16H11Cl4N3O2/c17-10-2-3-11(13(19)6-10)16(25)21-8-15(24)23-22-7-9-1-4-12(18)14(20)5-9/h1-7H,8H2,(H,21,25)(H,23,24). The summed E-state index contributed by atoms with van der Waals surface area (Å²) in [5.74, 6) is -1.000. The number of carbonyl (C=O) groups is 2. The smallest absolute Gasteiger partial charge is 0.259 e. The number of halogens is 4. The Morgan fingerprint density at radius 2 is 1.72 bits per heavy atom. The predicted molar refractivity (Wildman–Crippen MR) is 101 cm³/mol. The number of benzene rings is 2. The van der Waals surface area contributed by atoms with Crippen molar-refractivity contribution < 1.29 is 9.59 Å². The summed E-state index contributed by atoms with van der Waals surface area (Å²) < 4.78 is 0. The van der Waals surface area contributed by atoms with Crippen molar-refractivity contribution in [3.05, 3.63) is 67.6 Å². The first-order chi connectivity index (χ1) is 11.9. The molecule has 2 N–H and O–H groups in total. The Hall–Kier alpha value is -1.79. The van der Waals surface area contributed by atoms with Crippen LogP contribution in [0.25, 0.3) is 0 Å². The summed E-state index contributed by atoms with van der Waals surface area (Å²) in [6.45, 7) is -0.267. The van der Waals surface area contributed by atoms with Gasteiger partial charge in [0.2, 0.25) is 0 Å². The lowest BCUT2D eigenvalue weighted by atomic mass is 10.2. The van der Waals surface area contributed by atoms with Gasteiger partial charge < -0.3 is 5.32 Å². The molecule has 130 valence electrons. The van der Waals surface area contributed by atoms with Crippen LogP contribution in [-0.4, -0.2) is 24.6 Å². The molecule has 0 aliphatic rings. The van der Waals surface area contributed by atoms with E-state index in [-0.39, 0.29) is 17.1 Å². The molecule has 0 saturated heterocycles. The molecule has 0 radical (unpaired) electrons. The highest BCUT2D eigenvalue weighted by atomic mass is 35.5. The average Bonchev–Trinajstić information content (AvgIpc) is 2.56. The second-order valence-corrected chi connectivity index (χ2v) is 6.43. The number of nitrogens with zero attached hydrogens (tertiary/aromatic N) is 1. The van der Waals surface area contributed by atoms with Crippen LogP contribution >= 0.6 is 46.4 Å². The summed E-state index contributed by atoms with van der Waals surface area (Å²) >= 11 is 23.4. The van der Waals surface area contributed by atoms with E-state index in [1.807, 2.05) is 0 Å². The highest BCUT2D eigenvalue weighted by molar-refractivity contribution is 6.42. The van der Waals surface area contributed by atoms with Gasteiger partial charge in [0.1, 0.15) is 0 Å². The van der Waals surface area contributed by atoms with Crippen molar-refractivity contribution in [3.8, 4) is 0 Å². The van der Waals surface area contributed by atoms with Crippen LogP contribution in [0.15, 0.2) is 41.5 Å². The van der Waals surface area contributed by atoms with E-state index >= 15 is 0 Å². The molecule has 0 saturated carbocycles. The summed E-state index contributed by atoms with van der Waals surface area (Å²) in [5, 5.41) is 7.62. The Balaban J connectivity index is 1.84. The summed E-state index contributed by atoms with van der Waals surface area (Å²) in [6.07, 6.45) is 1.40. The van der Waals surface area contributed by atoms with Crippen LogP contribution in [0, 0.1) is 0 Å². The van der Waals surface area contributed by atoms with Gasteiger partial charge in [0.25, 0.3) is 11.8 Å². The molecule has 0 aliphatic heterocycles. The maximum absolute atomic E-state index is 12.0. The Kier molecular flexibility index (Phi) is 7.08. The van der Waals surface area contributed by atoms with E-state index in [1.165, 1.54) is 24.4 Å². The van der Waals surface area contributed by atoms with Crippen molar-refractivity contribution in [2.75, 3.05) is 6.54 Å². The van der Waals surface area contributed by atoms with Crippen molar-refractivity contribution in [3.63, 3.8) is 0 Å². The highest BCUT2D eigenvalue weighted by Crippen LogP contribution is 2.22. The minimum Gasteiger partial charge on any atom is -0.343 e. The Bertz CT molecular complexity index is 840. The van der Waals surface area contributed by atoms with Crippen molar-refractivity contribution >= 4 is 64.4 Å². The normalized spacial score (nSPS) is 10.7. The molecule has 0 spiro atoms. The van der Waals surface area contributed by atoms with Crippen molar-refractivity contribution in [2.24, 2.45) is 5.10 Å². The van der Waals surface area contributed by atoms with Crippen molar-refractivity contribution in [1.82, 2.24) is 10.7 Å². The number of amides is 2. The summed E-state index contributed by atoms with van der Waals surface area (Å²) in [5.41, 5.74) is 3.16. The number of carbonyl (C=O) groups excluding carboxylic acids is 2. The van der Waals surface area contributed by atoms with Gasteiger partial charge in [-0.05, 0) is 35.9 Å². The molecule has 0 fully saturated rings. The maximum Gasteiger partial charge on any atom is 0.259 e. The summed E-state index contributed by atoms with van der Waals surface area (Å²) in [7, 11) is 0. The van der Waals surface area contributed by atoms with E-state index in [0.717, 1.165) is 0 Å². The molecule has 2 aromatic rings. The number of hydrogen-bond donors (Lipinski definition) is 2. The molecule has 2 rings (SSSR count). The van der Waals surface area contributed by atoms with Gasteiger partial charge in [-0.3, -0.25) is 9.59 Å². The molecule has 25 heavy (non-hydrogen) atoms. The molecular formula is C16H11Cl4N3O2. The molecule has 0 heterocycles. The zero-order valence-corrected chi connectivity index (χ0v) is 15.5. The van der Waals surface area contributed by atoms with Crippen LogP contribution < -0.4 is 10.7 Å².